The molecule has 114 valence electrons. The first-order valence-corrected chi connectivity index (χ1v) is 6.58. The van der Waals surface area contributed by atoms with Crippen molar-refractivity contribution in [3.05, 3.63) is 0 Å². The molecule has 1 fully saturated rings. The molecule has 8 heteroatoms. The number of rotatable bonds is 9. The first-order valence-electron chi connectivity index (χ1n) is 6.58. The molecule has 1 atom stereocenters. The molecule has 0 heterocycles. The number of carbonyl (C=O) groups excluding carboxylic acids is 2. The Balaban J connectivity index is 2.22. The van der Waals surface area contributed by atoms with Crippen LogP contribution in [0.15, 0.2) is 0 Å². The van der Waals surface area contributed by atoms with Gasteiger partial charge >= 0.3 is 12.0 Å². The Kier molecular flexibility index (Phi) is 6.78. The lowest BCUT2D eigenvalue weighted by Gasteiger charge is -2.14. The first kappa shape index (κ1) is 16.2. The van der Waals surface area contributed by atoms with E-state index in [4.69, 9.17) is 9.84 Å². The van der Waals surface area contributed by atoms with Crippen molar-refractivity contribution in [2.45, 2.75) is 37.8 Å². The summed E-state index contributed by atoms with van der Waals surface area (Å²) in [6.07, 6.45) is 2.73. The number of aliphatic carboxylic acids is 1. The Morgan fingerprint density at radius 1 is 1.35 bits per heavy atom. The van der Waals surface area contributed by atoms with Gasteiger partial charge in [0.25, 0.3) is 0 Å². The Hall–Kier alpha value is -1.83. The van der Waals surface area contributed by atoms with E-state index in [0.29, 0.717) is 13.0 Å². The lowest BCUT2D eigenvalue weighted by atomic mass is 10.1. The van der Waals surface area contributed by atoms with E-state index in [1.54, 1.807) is 0 Å². The second-order valence-electron chi connectivity index (χ2n) is 4.69. The van der Waals surface area contributed by atoms with Crippen molar-refractivity contribution in [2.24, 2.45) is 0 Å². The van der Waals surface area contributed by atoms with Crippen LogP contribution in [-0.2, 0) is 14.3 Å². The maximum atomic E-state index is 11.5. The fraction of sp³-hybridized carbons (Fsp3) is 0.750. The highest BCUT2D eigenvalue weighted by Gasteiger charge is 2.24. The zero-order valence-corrected chi connectivity index (χ0v) is 11.5. The highest BCUT2D eigenvalue weighted by molar-refractivity contribution is 5.86. The summed E-state index contributed by atoms with van der Waals surface area (Å²) in [4.78, 5) is 33.8. The van der Waals surface area contributed by atoms with Crippen molar-refractivity contribution in [1.29, 1.82) is 0 Å². The van der Waals surface area contributed by atoms with Gasteiger partial charge in [-0.3, -0.25) is 4.79 Å². The summed E-state index contributed by atoms with van der Waals surface area (Å²) in [5, 5.41) is 16.3. The van der Waals surface area contributed by atoms with E-state index in [0.717, 1.165) is 12.8 Å². The van der Waals surface area contributed by atoms with E-state index in [2.05, 4.69) is 16.0 Å². The minimum Gasteiger partial charge on any atom is -0.480 e. The molecule has 1 saturated carbocycles. The first-order chi connectivity index (χ1) is 9.52. The lowest BCUT2D eigenvalue weighted by molar-refractivity contribution is -0.139. The second-order valence-corrected chi connectivity index (χ2v) is 4.69. The molecular formula is C12H21N3O5. The number of hydrogen-bond donors (Lipinski definition) is 4. The van der Waals surface area contributed by atoms with Crippen LogP contribution in [0.1, 0.15) is 25.7 Å². The quantitative estimate of drug-likeness (QED) is 0.424. The summed E-state index contributed by atoms with van der Waals surface area (Å²) in [7, 11) is 1.52. The Morgan fingerprint density at radius 2 is 2.05 bits per heavy atom. The molecule has 0 aromatic rings. The third kappa shape index (κ3) is 6.93. The van der Waals surface area contributed by atoms with Crippen molar-refractivity contribution >= 4 is 17.9 Å². The van der Waals surface area contributed by atoms with Gasteiger partial charge in [-0.2, -0.15) is 0 Å². The maximum absolute atomic E-state index is 11.5. The molecule has 4 N–H and O–H groups in total. The largest absolute Gasteiger partial charge is 0.480 e. The number of carboxylic acids is 1. The van der Waals surface area contributed by atoms with Crippen LogP contribution in [0, 0.1) is 0 Å². The predicted molar refractivity (Wildman–Crippen MR) is 70.2 cm³/mol. The number of urea groups is 1. The monoisotopic (exact) mass is 287 g/mol. The zero-order valence-electron chi connectivity index (χ0n) is 11.5. The minimum atomic E-state index is -1.11. The van der Waals surface area contributed by atoms with Crippen LogP contribution >= 0.6 is 0 Å². The van der Waals surface area contributed by atoms with Gasteiger partial charge in [0.15, 0.2) is 0 Å². The van der Waals surface area contributed by atoms with Crippen LogP contribution in [0.4, 0.5) is 4.79 Å². The van der Waals surface area contributed by atoms with E-state index >= 15 is 0 Å². The topological polar surface area (TPSA) is 117 Å². The number of amides is 3. The standard InChI is InChI=1S/C12H21N3O5/c1-20-6-2-3-9(11(17)18)15-12(19)13-7-10(16)14-8-4-5-8/h8-9H,2-7H2,1H3,(H,14,16)(H,17,18)(H2,13,15,19). The molecule has 0 saturated heterocycles. The Labute approximate surface area is 117 Å². The van der Waals surface area contributed by atoms with Crippen LogP contribution in [0.5, 0.6) is 0 Å². The number of carboxylic acid groups (broad SMARTS) is 1. The van der Waals surface area contributed by atoms with Gasteiger partial charge in [-0.15, -0.1) is 0 Å². The van der Waals surface area contributed by atoms with Crippen LogP contribution in [0.2, 0.25) is 0 Å². The smallest absolute Gasteiger partial charge is 0.326 e. The third-order valence-electron chi connectivity index (χ3n) is 2.80. The number of hydrogen-bond acceptors (Lipinski definition) is 4. The molecule has 1 unspecified atom stereocenters. The van der Waals surface area contributed by atoms with Gasteiger partial charge in [-0.1, -0.05) is 0 Å². The van der Waals surface area contributed by atoms with Crippen molar-refractivity contribution in [3.63, 3.8) is 0 Å². The molecule has 0 spiro atoms. The zero-order chi connectivity index (χ0) is 15.0. The minimum absolute atomic E-state index is 0.160. The number of carbonyl (C=O) groups is 3. The van der Waals surface area contributed by atoms with Crippen LogP contribution in [-0.4, -0.2) is 55.4 Å². The van der Waals surface area contributed by atoms with Crippen molar-refractivity contribution in [2.75, 3.05) is 20.3 Å². The van der Waals surface area contributed by atoms with Gasteiger partial charge in [0.2, 0.25) is 5.91 Å². The molecule has 3 amide bonds. The molecule has 0 aromatic heterocycles. The normalized spacial score (nSPS) is 15.2. The van der Waals surface area contributed by atoms with Crippen molar-refractivity contribution in [1.82, 2.24) is 16.0 Å². The van der Waals surface area contributed by atoms with Crippen molar-refractivity contribution < 1.29 is 24.2 Å². The molecular weight excluding hydrogens is 266 g/mol. The Bertz CT molecular complexity index is 357. The summed E-state index contributed by atoms with van der Waals surface area (Å²) in [6.45, 7) is 0.267. The second kappa shape index (κ2) is 8.36. The number of methoxy groups -OCH3 is 1. The van der Waals surface area contributed by atoms with E-state index in [1.807, 2.05) is 0 Å². The summed E-state index contributed by atoms with van der Waals surface area (Å²) in [5.74, 6) is -1.38. The molecule has 0 bridgehead atoms. The molecule has 1 aliphatic rings. The number of nitrogens with one attached hydrogen (secondary N) is 3. The summed E-state index contributed by atoms with van der Waals surface area (Å²) in [6, 6.07) is -1.43. The van der Waals surface area contributed by atoms with Crippen molar-refractivity contribution in [3.8, 4) is 0 Å². The average molecular weight is 287 g/mol. The average Bonchev–Trinajstić information content (AvgIpc) is 3.19. The fourth-order valence-corrected chi connectivity index (χ4v) is 1.57. The molecule has 1 rings (SSSR count). The molecule has 1 aliphatic carbocycles. The lowest BCUT2D eigenvalue weighted by Crippen LogP contribution is -2.48. The SMILES string of the molecule is COCCCC(NC(=O)NCC(=O)NC1CC1)C(=O)O. The summed E-state index contributed by atoms with van der Waals surface area (Å²) < 4.78 is 4.82. The molecule has 0 radical (unpaired) electrons. The van der Waals surface area contributed by atoms with Gasteiger partial charge in [-0.05, 0) is 25.7 Å². The highest BCUT2D eigenvalue weighted by atomic mass is 16.5. The van der Waals surface area contributed by atoms with Gasteiger partial charge in [0, 0.05) is 19.8 Å². The molecule has 20 heavy (non-hydrogen) atoms. The van der Waals surface area contributed by atoms with Gasteiger partial charge in [-0.25, -0.2) is 9.59 Å². The predicted octanol–water partition coefficient (Wildman–Crippen LogP) is -0.556. The van der Waals surface area contributed by atoms with E-state index in [-0.39, 0.29) is 24.9 Å². The van der Waals surface area contributed by atoms with Crippen LogP contribution in [0.25, 0.3) is 0 Å². The molecule has 0 aliphatic heterocycles. The molecule has 0 aromatic carbocycles. The van der Waals surface area contributed by atoms with Gasteiger partial charge in [0.05, 0.1) is 6.54 Å². The highest BCUT2D eigenvalue weighted by Crippen LogP contribution is 2.18. The summed E-state index contributed by atoms with van der Waals surface area (Å²) in [5.41, 5.74) is 0. The van der Waals surface area contributed by atoms with E-state index < -0.39 is 18.0 Å². The van der Waals surface area contributed by atoms with E-state index in [9.17, 15) is 14.4 Å². The maximum Gasteiger partial charge on any atom is 0.326 e. The van der Waals surface area contributed by atoms with Crippen LogP contribution < -0.4 is 16.0 Å². The van der Waals surface area contributed by atoms with Gasteiger partial charge in [0.1, 0.15) is 6.04 Å². The molecule has 8 nitrogen and oxygen atoms in total. The number of ether oxygens (including phenoxy) is 1. The fourth-order valence-electron chi connectivity index (χ4n) is 1.57. The van der Waals surface area contributed by atoms with Gasteiger partial charge < -0.3 is 25.8 Å². The Morgan fingerprint density at radius 3 is 2.60 bits per heavy atom. The third-order valence-corrected chi connectivity index (χ3v) is 2.80. The summed E-state index contributed by atoms with van der Waals surface area (Å²) >= 11 is 0. The van der Waals surface area contributed by atoms with Crippen LogP contribution in [0.3, 0.4) is 0 Å². The van der Waals surface area contributed by atoms with E-state index in [1.165, 1.54) is 7.11 Å².